The van der Waals surface area contributed by atoms with Gasteiger partial charge in [0, 0.05) is 6.42 Å². The lowest BCUT2D eigenvalue weighted by molar-refractivity contribution is -0.107. The smallest absolute Gasteiger partial charge is 0.119 e. The zero-order valence-corrected chi connectivity index (χ0v) is 11.1. The molecular weight excluding hydrogens is 208 g/mol. The molecule has 0 aliphatic carbocycles. The van der Waals surface area contributed by atoms with Crippen molar-refractivity contribution >= 4 is 6.29 Å². The average Bonchev–Trinajstić information content (AvgIpc) is 2.35. The maximum atomic E-state index is 10.1. The summed E-state index contributed by atoms with van der Waals surface area (Å²) in [5.41, 5.74) is 0. The van der Waals surface area contributed by atoms with E-state index in [9.17, 15) is 4.79 Å². The number of carbonyl (C=O) groups is 1. The van der Waals surface area contributed by atoms with Gasteiger partial charge in [-0.05, 0) is 38.5 Å². The molecule has 17 heavy (non-hydrogen) atoms. The van der Waals surface area contributed by atoms with Crippen LogP contribution in [0.5, 0.6) is 0 Å². The van der Waals surface area contributed by atoms with Crippen LogP contribution in [-0.4, -0.2) is 6.29 Å². The molecule has 0 aromatic carbocycles. The largest absolute Gasteiger partial charge is 0.303 e. The maximum Gasteiger partial charge on any atom is 0.119 e. The Kier molecular flexibility index (Phi) is 13.9. The van der Waals surface area contributed by atoms with Gasteiger partial charge >= 0.3 is 0 Å². The quantitative estimate of drug-likeness (QED) is 0.279. The molecule has 0 fully saturated rings. The molecule has 0 spiro atoms. The molecule has 0 saturated carbocycles. The van der Waals surface area contributed by atoms with Gasteiger partial charge in [-0.3, -0.25) is 0 Å². The molecule has 96 valence electrons. The predicted molar refractivity (Wildman–Crippen MR) is 76.1 cm³/mol. The second-order valence-corrected chi connectivity index (χ2v) is 4.10. The minimum absolute atomic E-state index is 0.720. The summed E-state index contributed by atoms with van der Waals surface area (Å²) in [5, 5.41) is 0. The van der Waals surface area contributed by atoms with Crippen molar-refractivity contribution in [1.82, 2.24) is 0 Å². The van der Waals surface area contributed by atoms with E-state index >= 15 is 0 Å². The van der Waals surface area contributed by atoms with Crippen molar-refractivity contribution in [3.05, 3.63) is 36.5 Å². The van der Waals surface area contributed by atoms with Gasteiger partial charge in [0.2, 0.25) is 0 Å². The van der Waals surface area contributed by atoms with E-state index in [4.69, 9.17) is 0 Å². The summed E-state index contributed by atoms with van der Waals surface area (Å²) in [4.78, 5) is 10.1. The number of rotatable bonds is 11. The molecule has 0 heterocycles. The van der Waals surface area contributed by atoms with Crippen LogP contribution in [0.15, 0.2) is 36.5 Å². The predicted octanol–water partition coefficient (Wildman–Crippen LogP) is 4.99. The van der Waals surface area contributed by atoms with E-state index in [-0.39, 0.29) is 0 Å². The molecule has 0 aromatic heterocycles. The van der Waals surface area contributed by atoms with Gasteiger partial charge in [-0.1, -0.05) is 49.8 Å². The molecule has 1 nitrogen and oxygen atoms in total. The molecule has 0 radical (unpaired) electrons. The minimum Gasteiger partial charge on any atom is -0.303 e. The highest BCUT2D eigenvalue weighted by molar-refractivity contribution is 5.48. The first kappa shape index (κ1) is 15.9. The third-order valence-electron chi connectivity index (χ3n) is 2.47. The van der Waals surface area contributed by atoms with Crippen LogP contribution in [0.1, 0.15) is 58.3 Å². The minimum atomic E-state index is 0.720. The molecule has 0 aliphatic heterocycles. The second kappa shape index (κ2) is 14.9. The van der Waals surface area contributed by atoms with Crippen molar-refractivity contribution in [2.24, 2.45) is 0 Å². The Balaban J connectivity index is 3.24. The lowest BCUT2D eigenvalue weighted by Gasteiger charge is -1.93. The zero-order chi connectivity index (χ0) is 12.6. The molecule has 0 N–H and O–H groups in total. The first-order valence-corrected chi connectivity index (χ1v) is 6.80. The fraction of sp³-hybridized carbons (Fsp3) is 0.562. The Morgan fingerprint density at radius 3 is 1.94 bits per heavy atom. The van der Waals surface area contributed by atoms with Gasteiger partial charge in [-0.2, -0.15) is 0 Å². The summed E-state index contributed by atoms with van der Waals surface area (Å²) in [5.74, 6) is 0. The Morgan fingerprint density at radius 2 is 1.29 bits per heavy atom. The zero-order valence-electron chi connectivity index (χ0n) is 11.1. The van der Waals surface area contributed by atoms with Crippen molar-refractivity contribution in [1.29, 1.82) is 0 Å². The first-order chi connectivity index (χ1) is 8.41. The van der Waals surface area contributed by atoms with Gasteiger partial charge in [0.05, 0.1) is 0 Å². The van der Waals surface area contributed by atoms with E-state index in [1.54, 1.807) is 0 Å². The number of hydrogen-bond acceptors (Lipinski definition) is 1. The van der Waals surface area contributed by atoms with Gasteiger partial charge < -0.3 is 4.79 Å². The number of carbonyl (C=O) groups excluding carboxylic acids is 1. The van der Waals surface area contributed by atoms with Crippen LogP contribution in [-0.2, 0) is 4.79 Å². The van der Waals surface area contributed by atoms with Gasteiger partial charge in [0.25, 0.3) is 0 Å². The summed E-state index contributed by atoms with van der Waals surface area (Å²) in [7, 11) is 0. The molecular formula is C16H26O. The second-order valence-electron chi connectivity index (χ2n) is 4.10. The van der Waals surface area contributed by atoms with Crippen LogP contribution in [0.3, 0.4) is 0 Å². The fourth-order valence-corrected chi connectivity index (χ4v) is 1.49. The van der Waals surface area contributed by atoms with E-state index in [1.165, 1.54) is 12.8 Å². The molecule has 1 heteroatoms. The summed E-state index contributed by atoms with van der Waals surface area (Å²) in [6, 6.07) is 0. The van der Waals surface area contributed by atoms with Crippen LogP contribution < -0.4 is 0 Å². The summed E-state index contributed by atoms with van der Waals surface area (Å²) in [6.45, 7) is 2.15. The Labute approximate surface area is 106 Å². The van der Waals surface area contributed by atoms with E-state index in [0.29, 0.717) is 0 Å². The molecule has 0 atom stereocenters. The molecule has 0 aromatic rings. The lowest BCUT2D eigenvalue weighted by Crippen LogP contribution is -1.77. The van der Waals surface area contributed by atoms with E-state index in [0.717, 1.165) is 44.8 Å². The number of aldehydes is 1. The average molecular weight is 234 g/mol. The standard InChI is InChI=1S/C16H26O/c1-2-3-4-5-6-7-8-9-10-11-12-13-14-15-16-17/h3-4,6-7,9-10,16H,2,5,8,11-15H2,1H3/b4-3+,7-6+,10-9+. The third-order valence-corrected chi connectivity index (χ3v) is 2.47. The Morgan fingerprint density at radius 1 is 0.706 bits per heavy atom. The highest BCUT2D eigenvalue weighted by atomic mass is 16.1. The molecule has 0 unspecified atom stereocenters. The van der Waals surface area contributed by atoms with Gasteiger partial charge in [0.15, 0.2) is 0 Å². The lowest BCUT2D eigenvalue weighted by atomic mass is 10.1. The van der Waals surface area contributed by atoms with E-state index in [1.807, 2.05) is 0 Å². The fourth-order valence-electron chi connectivity index (χ4n) is 1.49. The van der Waals surface area contributed by atoms with Crippen LogP contribution in [0.25, 0.3) is 0 Å². The highest BCUT2D eigenvalue weighted by Gasteiger charge is 1.85. The van der Waals surface area contributed by atoms with Crippen LogP contribution in [0.4, 0.5) is 0 Å². The van der Waals surface area contributed by atoms with Crippen molar-refractivity contribution in [3.8, 4) is 0 Å². The molecule has 0 aliphatic rings. The first-order valence-electron chi connectivity index (χ1n) is 6.80. The number of hydrogen-bond donors (Lipinski definition) is 0. The van der Waals surface area contributed by atoms with Crippen molar-refractivity contribution in [2.75, 3.05) is 0 Å². The third kappa shape index (κ3) is 14.9. The molecule has 0 bridgehead atoms. The van der Waals surface area contributed by atoms with Gasteiger partial charge in [0.1, 0.15) is 6.29 Å². The summed E-state index contributed by atoms with van der Waals surface area (Å²) < 4.78 is 0. The van der Waals surface area contributed by atoms with Crippen LogP contribution in [0, 0.1) is 0 Å². The van der Waals surface area contributed by atoms with Gasteiger partial charge in [-0.25, -0.2) is 0 Å². The monoisotopic (exact) mass is 234 g/mol. The highest BCUT2D eigenvalue weighted by Crippen LogP contribution is 2.03. The number of unbranched alkanes of at least 4 members (excludes halogenated alkanes) is 4. The van der Waals surface area contributed by atoms with Crippen molar-refractivity contribution < 1.29 is 4.79 Å². The van der Waals surface area contributed by atoms with E-state index < -0.39 is 0 Å². The Hall–Kier alpha value is -1.11. The normalized spacial score (nSPS) is 12.1. The maximum absolute atomic E-state index is 10.1. The number of allylic oxidation sites excluding steroid dienone is 6. The molecule has 0 saturated heterocycles. The van der Waals surface area contributed by atoms with Crippen molar-refractivity contribution in [3.63, 3.8) is 0 Å². The SMILES string of the molecule is CC/C=C/C/C=C/C/C=C/CCCCCC=O. The van der Waals surface area contributed by atoms with Crippen molar-refractivity contribution in [2.45, 2.75) is 58.3 Å². The Bertz CT molecular complexity index is 236. The summed E-state index contributed by atoms with van der Waals surface area (Å²) >= 11 is 0. The topological polar surface area (TPSA) is 17.1 Å². The molecule has 0 rings (SSSR count). The van der Waals surface area contributed by atoms with E-state index in [2.05, 4.69) is 43.4 Å². The van der Waals surface area contributed by atoms with Crippen LogP contribution >= 0.6 is 0 Å². The van der Waals surface area contributed by atoms with Gasteiger partial charge in [-0.15, -0.1) is 0 Å². The van der Waals surface area contributed by atoms with Crippen LogP contribution in [0.2, 0.25) is 0 Å². The summed E-state index contributed by atoms with van der Waals surface area (Å²) in [6.07, 6.45) is 22.8. The molecule has 0 amide bonds.